The van der Waals surface area contributed by atoms with Crippen LogP contribution in [0.25, 0.3) is 22.3 Å². The van der Waals surface area contributed by atoms with E-state index in [1.54, 1.807) is 10.8 Å². The summed E-state index contributed by atoms with van der Waals surface area (Å²) in [6.07, 6.45) is 3.49. The zero-order chi connectivity index (χ0) is 19.4. The van der Waals surface area contributed by atoms with Crippen molar-refractivity contribution in [2.45, 2.75) is 28.9 Å². The maximum absolute atomic E-state index is 14.0. The number of aromatic amines is 1. The Morgan fingerprint density at radius 3 is 2.43 bits per heavy atom. The minimum absolute atomic E-state index is 0.0591. The number of H-pyrrole nitrogens is 1. The van der Waals surface area contributed by atoms with E-state index in [0.717, 1.165) is 29.3 Å². The van der Waals surface area contributed by atoms with Crippen molar-refractivity contribution in [3.05, 3.63) is 54.0 Å². The second-order valence-corrected chi connectivity index (χ2v) is 7.39. The Morgan fingerprint density at radius 2 is 1.71 bits per heavy atom. The van der Waals surface area contributed by atoms with E-state index in [2.05, 4.69) is 20.2 Å². The Morgan fingerprint density at radius 1 is 1.00 bits per heavy atom. The van der Waals surface area contributed by atoms with Crippen LogP contribution in [0, 0.1) is 23.5 Å². The number of hydrogen-bond donors (Lipinski definition) is 1. The van der Waals surface area contributed by atoms with Gasteiger partial charge in [-0.05, 0) is 30.7 Å². The predicted octanol–water partition coefficient (Wildman–Crippen LogP) is 4.86. The van der Waals surface area contributed by atoms with Crippen molar-refractivity contribution in [3.8, 4) is 11.4 Å². The maximum atomic E-state index is 14.0. The number of pyridine rings is 1. The minimum atomic E-state index is -1.70. The first kappa shape index (κ1) is 17.2. The van der Waals surface area contributed by atoms with Gasteiger partial charge in [0.1, 0.15) is 0 Å². The summed E-state index contributed by atoms with van der Waals surface area (Å²) in [5.74, 6) is -5.98. The van der Waals surface area contributed by atoms with Crippen molar-refractivity contribution in [1.82, 2.24) is 24.7 Å². The van der Waals surface area contributed by atoms with Crippen molar-refractivity contribution in [2.75, 3.05) is 0 Å². The van der Waals surface area contributed by atoms with E-state index in [1.165, 1.54) is 0 Å². The first-order valence-electron chi connectivity index (χ1n) is 8.44. The SMILES string of the molecule is Fc1nc(F)c(F)c(Sc2nnc(-c3c[nH]c4ccccc34)n2C2CC2)c1F. The third-order valence-corrected chi connectivity index (χ3v) is 5.58. The molecule has 1 fully saturated rings. The van der Waals surface area contributed by atoms with Gasteiger partial charge in [0, 0.05) is 28.7 Å². The standard InChI is InChI=1S/C18H11F4N5S/c19-12-14(13(20)16(22)24-15(12)21)28-18-26-25-17(27(18)8-5-6-8)10-7-23-11-4-2-1-3-9(10)11/h1-4,7-8,23H,5-6H2. The number of hydrogen-bond acceptors (Lipinski definition) is 4. The van der Waals surface area contributed by atoms with Crippen LogP contribution in [0.3, 0.4) is 0 Å². The molecule has 10 heteroatoms. The highest BCUT2D eigenvalue weighted by Gasteiger charge is 2.32. The molecule has 5 rings (SSSR count). The second kappa shape index (κ2) is 6.33. The average molecular weight is 405 g/mol. The van der Waals surface area contributed by atoms with Crippen LogP contribution < -0.4 is 0 Å². The number of halogens is 4. The molecule has 5 nitrogen and oxygen atoms in total. The van der Waals surface area contributed by atoms with Gasteiger partial charge >= 0.3 is 0 Å². The monoisotopic (exact) mass is 405 g/mol. The van der Waals surface area contributed by atoms with Crippen molar-refractivity contribution in [2.24, 2.45) is 0 Å². The summed E-state index contributed by atoms with van der Waals surface area (Å²) in [7, 11) is 0. The van der Waals surface area contributed by atoms with E-state index >= 15 is 0 Å². The van der Waals surface area contributed by atoms with Crippen LogP contribution in [0.5, 0.6) is 0 Å². The molecule has 0 amide bonds. The largest absolute Gasteiger partial charge is 0.360 e. The van der Waals surface area contributed by atoms with Crippen LogP contribution in [-0.2, 0) is 0 Å². The summed E-state index contributed by atoms with van der Waals surface area (Å²) < 4.78 is 56.7. The molecule has 142 valence electrons. The molecule has 1 aromatic carbocycles. The van der Waals surface area contributed by atoms with Crippen LogP contribution in [0.15, 0.2) is 40.5 Å². The fraction of sp³-hybridized carbons (Fsp3) is 0.167. The predicted molar refractivity (Wildman–Crippen MR) is 93.8 cm³/mol. The van der Waals surface area contributed by atoms with Gasteiger partial charge in [-0.1, -0.05) is 18.2 Å². The van der Waals surface area contributed by atoms with Gasteiger partial charge in [-0.3, -0.25) is 4.57 Å². The topological polar surface area (TPSA) is 59.4 Å². The Labute approximate surface area is 159 Å². The maximum Gasteiger partial charge on any atom is 0.252 e. The lowest BCUT2D eigenvalue weighted by Gasteiger charge is -2.09. The molecule has 1 aliphatic carbocycles. The van der Waals surface area contributed by atoms with Crippen LogP contribution in [0.1, 0.15) is 18.9 Å². The van der Waals surface area contributed by atoms with Gasteiger partial charge in [0.05, 0.1) is 4.90 Å². The lowest BCUT2D eigenvalue weighted by molar-refractivity contribution is 0.383. The molecule has 0 unspecified atom stereocenters. The van der Waals surface area contributed by atoms with Crippen LogP contribution >= 0.6 is 11.8 Å². The summed E-state index contributed by atoms with van der Waals surface area (Å²) in [6, 6.07) is 7.68. The van der Waals surface area contributed by atoms with Crippen molar-refractivity contribution < 1.29 is 17.6 Å². The number of aromatic nitrogens is 5. The summed E-state index contributed by atoms with van der Waals surface area (Å²) >= 11 is 0.497. The summed E-state index contributed by atoms with van der Waals surface area (Å²) in [5.41, 5.74) is 1.70. The third-order valence-electron chi connectivity index (χ3n) is 4.56. The van der Waals surface area contributed by atoms with Crippen LogP contribution in [0.4, 0.5) is 17.6 Å². The van der Waals surface area contributed by atoms with Crippen molar-refractivity contribution in [1.29, 1.82) is 0 Å². The van der Waals surface area contributed by atoms with Crippen LogP contribution in [0.2, 0.25) is 0 Å². The molecule has 1 N–H and O–H groups in total. The number of nitrogens with zero attached hydrogens (tertiary/aromatic N) is 4. The molecule has 1 saturated carbocycles. The van der Waals surface area contributed by atoms with Gasteiger partial charge in [-0.2, -0.15) is 13.8 Å². The molecular formula is C18H11F4N5S. The van der Waals surface area contributed by atoms with E-state index < -0.39 is 28.4 Å². The van der Waals surface area contributed by atoms with Crippen LogP contribution in [-0.4, -0.2) is 24.7 Å². The number of benzene rings is 1. The van der Waals surface area contributed by atoms with Gasteiger partial charge in [-0.15, -0.1) is 10.2 Å². The van der Waals surface area contributed by atoms with Gasteiger partial charge < -0.3 is 4.98 Å². The zero-order valence-electron chi connectivity index (χ0n) is 14.1. The Bertz CT molecular complexity index is 1190. The smallest absolute Gasteiger partial charge is 0.252 e. The average Bonchev–Trinajstić information content (AvgIpc) is 3.30. The highest BCUT2D eigenvalue weighted by Crippen LogP contribution is 2.44. The molecule has 0 spiro atoms. The molecule has 0 aliphatic heterocycles. The van der Waals surface area contributed by atoms with Gasteiger partial charge in [0.2, 0.25) is 0 Å². The van der Waals surface area contributed by atoms with Gasteiger partial charge in [0.25, 0.3) is 11.9 Å². The first-order valence-corrected chi connectivity index (χ1v) is 9.25. The molecule has 0 bridgehead atoms. The quantitative estimate of drug-likeness (QED) is 0.389. The molecule has 3 aromatic heterocycles. The Balaban J connectivity index is 1.64. The molecule has 0 atom stereocenters. The second-order valence-electron chi connectivity index (χ2n) is 6.41. The molecule has 0 radical (unpaired) electrons. The highest BCUT2D eigenvalue weighted by molar-refractivity contribution is 7.99. The van der Waals surface area contributed by atoms with Gasteiger partial charge in [0.15, 0.2) is 22.6 Å². The van der Waals surface area contributed by atoms with Crippen molar-refractivity contribution >= 4 is 22.7 Å². The Hall–Kier alpha value is -2.88. The number of para-hydroxylation sites is 1. The van der Waals surface area contributed by atoms with Gasteiger partial charge in [-0.25, -0.2) is 8.78 Å². The van der Waals surface area contributed by atoms with E-state index in [9.17, 15) is 17.6 Å². The third kappa shape index (κ3) is 2.67. The number of fused-ring (bicyclic) bond motifs is 1. The van der Waals surface area contributed by atoms with Crippen molar-refractivity contribution in [3.63, 3.8) is 0 Å². The fourth-order valence-electron chi connectivity index (χ4n) is 3.10. The molecule has 1 aliphatic rings. The molecule has 4 aromatic rings. The number of nitrogens with one attached hydrogen (secondary N) is 1. The minimum Gasteiger partial charge on any atom is -0.360 e. The zero-order valence-corrected chi connectivity index (χ0v) is 14.9. The van der Waals surface area contributed by atoms with E-state index in [-0.39, 0.29) is 11.2 Å². The lowest BCUT2D eigenvalue weighted by atomic mass is 10.1. The summed E-state index contributed by atoms with van der Waals surface area (Å²) in [5, 5.41) is 9.32. The molecular weight excluding hydrogens is 394 g/mol. The summed E-state index contributed by atoms with van der Waals surface area (Å²) in [4.78, 5) is 4.90. The first-order chi connectivity index (χ1) is 13.5. The fourth-order valence-corrected chi connectivity index (χ4v) is 4.04. The lowest BCUT2D eigenvalue weighted by Crippen LogP contribution is -2.04. The molecule has 28 heavy (non-hydrogen) atoms. The molecule has 0 saturated heterocycles. The van der Waals surface area contributed by atoms with E-state index in [0.29, 0.717) is 17.6 Å². The highest BCUT2D eigenvalue weighted by atomic mass is 32.2. The molecule has 3 heterocycles. The summed E-state index contributed by atoms with van der Waals surface area (Å²) in [6.45, 7) is 0. The Kier molecular flexibility index (Phi) is 3.90. The van der Waals surface area contributed by atoms with E-state index in [4.69, 9.17) is 0 Å². The number of rotatable bonds is 4. The van der Waals surface area contributed by atoms with E-state index in [1.807, 2.05) is 24.3 Å². The normalized spacial score (nSPS) is 14.1.